The molecule has 2 aromatic rings. The van der Waals surface area contributed by atoms with Crippen LogP contribution >= 0.6 is 0 Å². The van der Waals surface area contributed by atoms with Crippen molar-refractivity contribution < 1.29 is 4.79 Å². The molecule has 1 amide bonds. The molecule has 0 saturated carbocycles. The fraction of sp³-hybridized carbons (Fsp3) is 0.316. The molecule has 0 aromatic heterocycles. The first-order valence-electron chi connectivity index (χ1n) is 7.98. The summed E-state index contributed by atoms with van der Waals surface area (Å²) < 4.78 is 0. The van der Waals surface area contributed by atoms with Crippen molar-refractivity contribution >= 4 is 17.3 Å². The minimum atomic E-state index is 0.222. The van der Waals surface area contributed by atoms with Gasteiger partial charge in [0.1, 0.15) is 0 Å². The van der Waals surface area contributed by atoms with Crippen LogP contribution in [0.4, 0.5) is 11.4 Å². The lowest BCUT2D eigenvalue weighted by Gasteiger charge is -2.24. The summed E-state index contributed by atoms with van der Waals surface area (Å²) in [5.41, 5.74) is 3.56. The van der Waals surface area contributed by atoms with Gasteiger partial charge in [0, 0.05) is 37.4 Å². The molecule has 0 radical (unpaired) electrons. The molecule has 0 aliphatic carbocycles. The van der Waals surface area contributed by atoms with Gasteiger partial charge in [0.2, 0.25) is 5.91 Å². The third kappa shape index (κ3) is 2.98. The maximum atomic E-state index is 12.6. The summed E-state index contributed by atoms with van der Waals surface area (Å²) in [7, 11) is 0. The lowest BCUT2D eigenvalue weighted by molar-refractivity contribution is -0.118. The number of hydrogen-bond acceptors (Lipinski definition) is 2. The first-order chi connectivity index (χ1) is 10.8. The highest BCUT2D eigenvalue weighted by atomic mass is 16.2. The molecule has 22 heavy (non-hydrogen) atoms. The second-order valence-corrected chi connectivity index (χ2v) is 5.59. The Morgan fingerprint density at radius 3 is 2.59 bits per heavy atom. The van der Waals surface area contributed by atoms with Crippen molar-refractivity contribution in [2.75, 3.05) is 29.4 Å². The van der Waals surface area contributed by atoms with E-state index in [0.29, 0.717) is 6.42 Å². The predicted molar refractivity (Wildman–Crippen MR) is 91.4 cm³/mol. The fourth-order valence-electron chi connectivity index (χ4n) is 3.07. The van der Waals surface area contributed by atoms with Gasteiger partial charge in [-0.25, -0.2) is 0 Å². The average molecular weight is 294 g/mol. The average Bonchev–Trinajstić information content (AvgIpc) is 3.00. The maximum Gasteiger partial charge on any atom is 0.228 e. The van der Waals surface area contributed by atoms with Gasteiger partial charge in [0.15, 0.2) is 0 Å². The minimum Gasteiger partial charge on any atom is -0.371 e. The number of fused-ring (bicyclic) bond motifs is 1. The summed E-state index contributed by atoms with van der Waals surface area (Å²) in [6.07, 6.45) is 1.52. The summed E-state index contributed by atoms with van der Waals surface area (Å²) in [6.45, 7) is 4.62. The molecular weight excluding hydrogens is 272 g/mol. The van der Waals surface area contributed by atoms with E-state index in [0.717, 1.165) is 31.7 Å². The molecule has 3 heteroatoms. The number of benzene rings is 2. The van der Waals surface area contributed by atoms with Gasteiger partial charge in [0.05, 0.1) is 0 Å². The minimum absolute atomic E-state index is 0.222. The SMILES string of the molecule is CCN(CCC(=O)N1CCc2ccccc21)c1ccccc1. The zero-order valence-electron chi connectivity index (χ0n) is 13.0. The van der Waals surface area contributed by atoms with Crippen LogP contribution in [0.2, 0.25) is 0 Å². The molecule has 0 unspecified atom stereocenters. The van der Waals surface area contributed by atoms with Gasteiger partial charge in [-0.3, -0.25) is 4.79 Å². The Labute approximate surface area is 132 Å². The zero-order chi connectivity index (χ0) is 15.4. The Balaban J connectivity index is 1.63. The van der Waals surface area contributed by atoms with E-state index in [1.54, 1.807) is 0 Å². The summed E-state index contributed by atoms with van der Waals surface area (Å²) in [5, 5.41) is 0. The Morgan fingerprint density at radius 2 is 1.82 bits per heavy atom. The van der Waals surface area contributed by atoms with Crippen LogP contribution < -0.4 is 9.80 Å². The van der Waals surface area contributed by atoms with Crippen molar-refractivity contribution in [2.24, 2.45) is 0 Å². The molecule has 0 N–H and O–H groups in total. The third-order valence-corrected chi connectivity index (χ3v) is 4.29. The molecule has 3 nitrogen and oxygen atoms in total. The van der Waals surface area contributed by atoms with Gasteiger partial charge >= 0.3 is 0 Å². The van der Waals surface area contributed by atoms with Crippen molar-refractivity contribution in [1.82, 2.24) is 0 Å². The van der Waals surface area contributed by atoms with E-state index in [-0.39, 0.29) is 5.91 Å². The van der Waals surface area contributed by atoms with Gasteiger partial charge < -0.3 is 9.80 Å². The van der Waals surface area contributed by atoms with Crippen LogP contribution in [0.5, 0.6) is 0 Å². The molecule has 0 fully saturated rings. The molecule has 1 aliphatic heterocycles. The Kier molecular flexibility index (Phi) is 4.42. The van der Waals surface area contributed by atoms with Gasteiger partial charge in [-0.1, -0.05) is 36.4 Å². The normalized spacial score (nSPS) is 13.0. The van der Waals surface area contributed by atoms with E-state index in [1.165, 1.54) is 11.3 Å². The maximum absolute atomic E-state index is 12.6. The van der Waals surface area contributed by atoms with Crippen LogP contribution in [0.1, 0.15) is 18.9 Å². The Morgan fingerprint density at radius 1 is 1.09 bits per heavy atom. The first kappa shape index (κ1) is 14.6. The van der Waals surface area contributed by atoms with Crippen LogP contribution in [0.3, 0.4) is 0 Å². The number of amides is 1. The second-order valence-electron chi connectivity index (χ2n) is 5.59. The number of carbonyl (C=O) groups excluding carboxylic acids is 1. The van der Waals surface area contributed by atoms with Crippen molar-refractivity contribution in [3.05, 3.63) is 60.2 Å². The number of anilines is 2. The lowest BCUT2D eigenvalue weighted by atomic mass is 10.2. The van der Waals surface area contributed by atoms with E-state index in [9.17, 15) is 4.79 Å². The standard InChI is InChI=1S/C19H22N2O/c1-2-20(17-9-4-3-5-10-17)14-13-19(22)21-15-12-16-8-6-7-11-18(16)21/h3-11H,2,12-15H2,1H3. The van der Waals surface area contributed by atoms with Crippen molar-refractivity contribution in [3.63, 3.8) is 0 Å². The van der Waals surface area contributed by atoms with Crippen LogP contribution in [0.15, 0.2) is 54.6 Å². The zero-order valence-corrected chi connectivity index (χ0v) is 13.0. The quantitative estimate of drug-likeness (QED) is 0.842. The van der Waals surface area contributed by atoms with E-state index in [1.807, 2.05) is 35.2 Å². The summed E-state index contributed by atoms with van der Waals surface area (Å²) in [5.74, 6) is 0.222. The number of para-hydroxylation sites is 2. The number of hydrogen-bond donors (Lipinski definition) is 0. The molecule has 1 aliphatic rings. The molecule has 0 spiro atoms. The summed E-state index contributed by atoms with van der Waals surface area (Å²) in [6, 6.07) is 18.5. The molecule has 1 heterocycles. The molecule has 0 saturated heterocycles. The monoisotopic (exact) mass is 294 g/mol. The molecule has 114 valence electrons. The molecule has 3 rings (SSSR count). The number of carbonyl (C=O) groups is 1. The van der Waals surface area contributed by atoms with Gasteiger partial charge in [-0.15, -0.1) is 0 Å². The first-order valence-corrected chi connectivity index (χ1v) is 7.98. The van der Waals surface area contributed by atoms with Crippen molar-refractivity contribution in [2.45, 2.75) is 19.8 Å². The van der Waals surface area contributed by atoms with Gasteiger partial charge in [0.25, 0.3) is 0 Å². The molecule has 0 atom stereocenters. The second kappa shape index (κ2) is 6.65. The highest BCUT2D eigenvalue weighted by Gasteiger charge is 2.24. The highest BCUT2D eigenvalue weighted by Crippen LogP contribution is 2.28. The van der Waals surface area contributed by atoms with Crippen LogP contribution in [0.25, 0.3) is 0 Å². The highest BCUT2D eigenvalue weighted by molar-refractivity contribution is 5.95. The third-order valence-electron chi connectivity index (χ3n) is 4.29. The van der Waals surface area contributed by atoms with E-state index < -0.39 is 0 Å². The Bertz CT molecular complexity index is 639. The molecule has 2 aromatic carbocycles. The van der Waals surface area contributed by atoms with E-state index in [4.69, 9.17) is 0 Å². The number of nitrogens with zero attached hydrogens (tertiary/aromatic N) is 2. The number of rotatable bonds is 5. The predicted octanol–water partition coefficient (Wildman–Crippen LogP) is 3.49. The smallest absolute Gasteiger partial charge is 0.228 e. The van der Waals surface area contributed by atoms with Gasteiger partial charge in [-0.2, -0.15) is 0 Å². The van der Waals surface area contributed by atoms with Crippen LogP contribution in [-0.2, 0) is 11.2 Å². The largest absolute Gasteiger partial charge is 0.371 e. The molecular formula is C19H22N2O. The van der Waals surface area contributed by atoms with Crippen molar-refractivity contribution in [3.8, 4) is 0 Å². The van der Waals surface area contributed by atoms with Crippen LogP contribution in [-0.4, -0.2) is 25.5 Å². The molecule has 0 bridgehead atoms. The topological polar surface area (TPSA) is 23.6 Å². The van der Waals surface area contributed by atoms with Gasteiger partial charge in [-0.05, 0) is 37.1 Å². The summed E-state index contributed by atoms with van der Waals surface area (Å²) in [4.78, 5) is 16.7. The Hall–Kier alpha value is -2.29. The van der Waals surface area contributed by atoms with Crippen molar-refractivity contribution in [1.29, 1.82) is 0 Å². The summed E-state index contributed by atoms with van der Waals surface area (Å²) >= 11 is 0. The van der Waals surface area contributed by atoms with E-state index in [2.05, 4.69) is 36.1 Å². The lowest BCUT2D eigenvalue weighted by Crippen LogP contribution is -2.33. The van der Waals surface area contributed by atoms with Crippen LogP contribution in [0, 0.1) is 0 Å². The van der Waals surface area contributed by atoms with E-state index >= 15 is 0 Å². The fourth-order valence-corrected chi connectivity index (χ4v) is 3.07.